The van der Waals surface area contributed by atoms with Gasteiger partial charge in [0, 0.05) is 13.2 Å². The minimum Gasteiger partial charge on any atom is -0.394 e. The second-order valence-electron chi connectivity index (χ2n) is 5.52. The Morgan fingerprint density at radius 2 is 0.947 bits per heavy atom. The summed E-state index contributed by atoms with van der Waals surface area (Å²) >= 11 is 0. The van der Waals surface area contributed by atoms with Crippen molar-refractivity contribution in [2.45, 2.75) is 91.1 Å². The van der Waals surface area contributed by atoms with E-state index >= 15 is 0 Å². The number of hydrogen-bond acceptors (Lipinski definition) is 2. The van der Waals surface area contributed by atoms with E-state index in [1.165, 1.54) is 63.5 Å². The Morgan fingerprint density at radius 1 is 0.579 bits per heavy atom. The van der Waals surface area contributed by atoms with Crippen LogP contribution < -0.4 is 0 Å². The number of rotatable bonds is 14. The molecule has 0 aliphatic heterocycles. The summed E-state index contributed by atoms with van der Waals surface area (Å²) < 4.78 is 12.7. The SMILES string of the molecule is CCCCO[Si](CCCC)(CCCC)OCCCC. The molecule has 0 spiro atoms. The molecular formula is C16H36O2Si. The minimum atomic E-state index is -1.91. The smallest absolute Gasteiger partial charge is 0.338 e. The number of unbranched alkanes of at least 4 members (excludes halogenated alkanes) is 4. The summed E-state index contributed by atoms with van der Waals surface area (Å²) in [4.78, 5) is 0. The first-order valence-electron chi connectivity index (χ1n) is 8.52. The average Bonchev–Trinajstić information content (AvgIpc) is 2.43. The molecule has 0 heterocycles. The number of hydrogen-bond donors (Lipinski definition) is 0. The molecule has 0 aliphatic rings. The van der Waals surface area contributed by atoms with Gasteiger partial charge >= 0.3 is 8.56 Å². The van der Waals surface area contributed by atoms with Gasteiger partial charge in [-0.15, -0.1) is 0 Å². The summed E-state index contributed by atoms with van der Waals surface area (Å²) in [5.41, 5.74) is 0. The predicted octanol–water partition coefficient (Wildman–Crippen LogP) is 5.66. The van der Waals surface area contributed by atoms with Crippen LogP contribution in [0.4, 0.5) is 0 Å². The van der Waals surface area contributed by atoms with Crippen LogP contribution >= 0.6 is 0 Å². The zero-order chi connectivity index (χ0) is 14.4. The Bertz CT molecular complexity index is 166. The van der Waals surface area contributed by atoms with Crippen molar-refractivity contribution < 1.29 is 8.85 Å². The lowest BCUT2D eigenvalue weighted by Crippen LogP contribution is -2.42. The van der Waals surface area contributed by atoms with E-state index in [1.807, 2.05) is 0 Å². The van der Waals surface area contributed by atoms with E-state index in [2.05, 4.69) is 27.7 Å². The Labute approximate surface area is 122 Å². The zero-order valence-electron chi connectivity index (χ0n) is 13.8. The maximum atomic E-state index is 6.34. The van der Waals surface area contributed by atoms with Crippen molar-refractivity contribution in [3.05, 3.63) is 0 Å². The average molecular weight is 289 g/mol. The van der Waals surface area contributed by atoms with Gasteiger partial charge in [-0.25, -0.2) is 0 Å². The van der Waals surface area contributed by atoms with Gasteiger partial charge in [0.05, 0.1) is 0 Å². The van der Waals surface area contributed by atoms with E-state index in [1.54, 1.807) is 0 Å². The molecule has 0 saturated carbocycles. The third kappa shape index (κ3) is 9.64. The molecule has 3 heteroatoms. The first-order valence-corrected chi connectivity index (χ1v) is 10.8. The van der Waals surface area contributed by atoms with Crippen LogP contribution in [0.25, 0.3) is 0 Å². The van der Waals surface area contributed by atoms with Gasteiger partial charge in [-0.1, -0.05) is 66.2 Å². The zero-order valence-corrected chi connectivity index (χ0v) is 14.8. The van der Waals surface area contributed by atoms with E-state index in [0.717, 1.165) is 13.2 Å². The van der Waals surface area contributed by atoms with Crippen molar-refractivity contribution in [2.75, 3.05) is 13.2 Å². The molecule has 0 atom stereocenters. The molecule has 0 rings (SSSR count). The molecule has 0 aliphatic carbocycles. The summed E-state index contributed by atoms with van der Waals surface area (Å²) in [5, 5.41) is 0. The van der Waals surface area contributed by atoms with Crippen molar-refractivity contribution in [1.29, 1.82) is 0 Å². The Hall–Kier alpha value is 0.137. The predicted molar refractivity (Wildman–Crippen MR) is 86.9 cm³/mol. The maximum Gasteiger partial charge on any atom is 0.338 e. The van der Waals surface area contributed by atoms with Crippen LogP contribution in [0.15, 0.2) is 0 Å². The van der Waals surface area contributed by atoms with Crippen molar-refractivity contribution in [2.24, 2.45) is 0 Å². The molecule has 0 aromatic rings. The fraction of sp³-hybridized carbons (Fsp3) is 1.00. The molecule has 116 valence electrons. The van der Waals surface area contributed by atoms with Crippen LogP contribution in [-0.2, 0) is 8.85 Å². The van der Waals surface area contributed by atoms with E-state index in [4.69, 9.17) is 8.85 Å². The van der Waals surface area contributed by atoms with Crippen LogP contribution in [0.1, 0.15) is 79.1 Å². The molecule has 19 heavy (non-hydrogen) atoms. The van der Waals surface area contributed by atoms with Crippen molar-refractivity contribution in [1.82, 2.24) is 0 Å². The topological polar surface area (TPSA) is 18.5 Å². The van der Waals surface area contributed by atoms with E-state index in [0.29, 0.717) is 0 Å². The highest BCUT2D eigenvalue weighted by atomic mass is 28.4. The quantitative estimate of drug-likeness (QED) is 0.303. The molecule has 0 bridgehead atoms. The molecule has 2 nitrogen and oxygen atoms in total. The van der Waals surface area contributed by atoms with Crippen LogP contribution in [-0.4, -0.2) is 21.8 Å². The lowest BCUT2D eigenvalue weighted by molar-refractivity contribution is 0.161. The van der Waals surface area contributed by atoms with E-state index in [-0.39, 0.29) is 0 Å². The Kier molecular flexibility index (Phi) is 13.2. The van der Waals surface area contributed by atoms with Gasteiger partial charge in [0.25, 0.3) is 0 Å². The molecule has 0 amide bonds. The van der Waals surface area contributed by atoms with Gasteiger partial charge in [0.1, 0.15) is 0 Å². The second kappa shape index (κ2) is 13.1. The van der Waals surface area contributed by atoms with Gasteiger partial charge < -0.3 is 8.85 Å². The monoisotopic (exact) mass is 288 g/mol. The fourth-order valence-corrected chi connectivity index (χ4v) is 5.88. The maximum absolute atomic E-state index is 6.34. The standard InChI is InChI=1S/C16H36O2Si/c1-5-9-13-17-19(15-11-7-3,16-12-8-4)18-14-10-6-2/h5-16H2,1-4H3. The summed E-state index contributed by atoms with van der Waals surface area (Å²) in [7, 11) is -1.91. The van der Waals surface area contributed by atoms with E-state index in [9.17, 15) is 0 Å². The van der Waals surface area contributed by atoms with Crippen molar-refractivity contribution >= 4 is 8.56 Å². The molecule has 0 saturated heterocycles. The normalized spacial score (nSPS) is 12.0. The van der Waals surface area contributed by atoms with Crippen LogP contribution in [0.2, 0.25) is 12.1 Å². The first-order chi connectivity index (χ1) is 9.24. The van der Waals surface area contributed by atoms with Crippen LogP contribution in [0.5, 0.6) is 0 Å². The highest BCUT2D eigenvalue weighted by Crippen LogP contribution is 2.25. The Morgan fingerprint density at radius 3 is 1.26 bits per heavy atom. The first kappa shape index (κ1) is 19.1. The highest BCUT2D eigenvalue weighted by molar-refractivity contribution is 6.67. The summed E-state index contributed by atoms with van der Waals surface area (Å²) in [6.07, 6.45) is 9.77. The molecular weight excluding hydrogens is 252 g/mol. The van der Waals surface area contributed by atoms with Crippen LogP contribution in [0.3, 0.4) is 0 Å². The van der Waals surface area contributed by atoms with Gasteiger partial charge in [-0.3, -0.25) is 0 Å². The van der Waals surface area contributed by atoms with Gasteiger partial charge in [0.2, 0.25) is 0 Å². The minimum absolute atomic E-state index is 0.905. The fourth-order valence-electron chi connectivity index (χ4n) is 2.15. The lowest BCUT2D eigenvalue weighted by Gasteiger charge is -2.31. The van der Waals surface area contributed by atoms with Gasteiger partial charge in [-0.05, 0) is 24.9 Å². The van der Waals surface area contributed by atoms with Crippen LogP contribution in [0, 0.1) is 0 Å². The second-order valence-corrected chi connectivity index (χ2v) is 8.92. The van der Waals surface area contributed by atoms with Gasteiger partial charge in [-0.2, -0.15) is 0 Å². The summed E-state index contributed by atoms with van der Waals surface area (Å²) in [6.45, 7) is 10.8. The molecule has 0 aromatic heterocycles. The molecule has 0 fully saturated rings. The third-order valence-corrected chi connectivity index (χ3v) is 7.24. The molecule has 0 radical (unpaired) electrons. The van der Waals surface area contributed by atoms with Gasteiger partial charge in [0.15, 0.2) is 0 Å². The molecule has 0 unspecified atom stereocenters. The Balaban J connectivity index is 4.44. The largest absolute Gasteiger partial charge is 0.394 e. The molecule has 0 aromatic carbocycles. The summed E-state index contributed by atoms with van der Waals surface area (Å²) in [6, 6.07) is 2.38. The van der Waals surface area contributed by atoms with Crippen molar-refractivity contribution in [3.63, 3.8) is 0 Å². The highest BCUT2D eigenvalue weighted by Gasteiger charge is 2.36. The summed E-state index contributed by atoms with van der Waals surface area (Å²) in [5.74, 6) is 0. The molecule has 0 N–H and O–H groups in total. The van der Waals surface area contributed by atoms with E-state index < -0.39 is 8.56 Å². The lowest BCUT2D eigenvalue weighted by atomic mass is 10.4. The third-order valence-electron chi connectivity index (χ3n) is 3.55. The van der Waals surface area contributed by atoms with Crippen molar-refractivity contribution in [3.8, 4) is 0 Å².